The third kappa shape index (κ3) is 5.65. The number of nitrogens with zero attached hydrogens (tertiary/aromatic N) is 3. The zero-order chi connectivity index (χ0) is 19.8. The number of hydrogen-bond donors (Lipinski definition) is 1. The van der Waals surface area contributed by atoms with E-state index in [2.05, 4.69) is 34.0 Å². The first-order chi connectivity index (χ1) is 13.7. The molecule has 0 saturated carbocycles. The van der Waals surface area contributed by atoms with Gasteiger partial charge in [0.15, 0.2) is 0 Å². The van der Waals surface area contributed by atoms with Crippen LogP contribution in [0.3, 0.4) is 0 Å². The second-order valence-electron chi connectivity index (χ2n) is 6.27. The highest BCUT2D eigenvalue weighted by molar-refractivity contribution is 7.99. The summed E-state index contributed by atoms with van der Waals surface area (Å²) in [6.07, 6.45) is 3.44. The van der Waals surface area contributed by atoms with Crippen LogP contribution in [0.2, 0.25) is 0 Å². The highest BCUT2D eigenvalue weighted by Crippen LogP contribution is 2.25. The van der Waals surface area contributed by atoms with Gasteiger partial charge in [0, 0.05) is 30.2 Å². The van der Waals surface area contributed by atoms with E-state index in [1.54, 1.807) is 18.5 Å². The lowest BCUT2D eigenvalue weighted by molar-refractivity contribution is 0.102. The number of amides is 1. The van der Waals surface area contributed by atoms with Gasteiger partial charge < -0.3 is 5.32 Å². The predicted molar refractivity (Wildman–Crippen MR) is 114 cm³/mol. The monoisotopic (exact) mass is 392 g/mol. The molecule has 1 amide bonds. The van der Waals surface area contributed by atoms with Crippen LogP contribution in [0.15, 0.2) is 77.0 Å². The summed E-state index contributed by atoms with van der Waals surface area (Å²) in [6.45, 7) is 7.23. The minimum atomic E-state index is -0.130. The molecule has 28 heavy (non-hydrogen) atoms. The van der Waals surface area contributed by atoms with Crippen LogP contribution in [0.1, 0.15) is 29.8 Å². The summed E-state index contributed by atoms with van der Waals surface area (Å²) in [5.41, 5.74) is 2.56. The number of hydrogen-bond acceptors (Lipinski definition) is 5. The summed E-state index contributed by atoms with van der Waals surface area (Å²) in [5, 5.41) is 4.59. The maximum atomic E-state index is 12.6. The molecule has 2 heterocycles. The number of nitrogens with one attached hydrogen (secondary N) is 1. The van der Waals surface area contributed by atoms with Crippen LogP contribution in [0, 0.1) is 0 Å². The Morgan fingerprint density at radius 3 is 2.39 bits per heavy atom. The summed E-state index contributed by atoms with van der Waals surface area (Å²) in [5.74, 6) is -0.130. The molecule has 0 bridgehead atoms. The van der Waals surface area contributed by atoms with Gasteiger partial charge in [-0.2, -0.15) is 0 Å². The highest BCUT2D eigenvalue weighted by Gasteiger charge is 2.08. The smallest absolute Gasteiger partial charge is 0.255 e. The summed E-state index contributed by atoms with van der Waals surface area (Å²) < 4.78 is 0. The molecule has 0 aliphatic carbocycles. The van der Waals surface area contributed by atoms with Gasteiger partial charge in [-0.15, -0.1) is 0 Å². The quantitative estimate of drug-likeness (QED) is 0.601. The standard InChI is InChI=1S/C22H24N4OS/c1-3-26(4-2)16-17-8-10-18(11-9-17)22(27)25-19-12-14-24-21(15-19)28-20-7-5-6-13-23-20/h5-15H,3-4,16H2,1-2H3,(H,24,25,27). The molecule has 0 unspecified atom stereocenters. The lowest BCUT2D eigenvalue weighted by atomic mass is 10.1. The Morgan fingerprint density at radius 2 is 1.71 bits per heavy atom. The Bertz CT molecular complexity index is 896. The number of rotatable bonds is 8. The van der Waals surface area contributed by atoms with Crippen molar-refractivity contribution in [3.8, 4) is 0 Å². The molecular weight excluding hydrogens is 368 g/mol. The third-order valence-electron chi connectivity index (χ3n) is 4.36. The van der Waals surface area contributed by atoms with E-state index in [0.717, 1.165) is 29.7 Å². The van der Waals surface area contributed by atoms with Crippen molar-refractivity contribution in [2.75, 3.05) is 18.4 Å². The van der Waals surface area contributed by atoms with Crippen molar-refractivity contribution in [2.24, 2.45) is 0 Å². The SMILES string of the molecule is CCN(CC)Cc1ccc(C(=O)Nc2ccnc(Sc3ccccn3)c2)cc1. The van der Waals surface area contributed by atoms with Crippen molar-refractivity contribution in [2.45, 2.75) is 30.4 Å². The van der Waals surface area contributed by atoms with E-state index < -0.39 is 0 Å². The van der Waals surface area contributed by atoms with Gasteiger partial charge in [0.2, 0.25) is 0 Å². The fraction of sp³-hybridized carbons (Fsp3) is 0.227. The molecule has 5 nitrogen and oxygen atoms in total. The van der Waals surface area contributed by atoms with Crippen LogP contribution in [0.25, 0.3) is 0 Å². The zero-order valence-corrected chi connectivity index (χ0v) is 16.9. The van der Waals surface area contributed by atoms with Crippen molar-refractivity contribution in [3.63, 3.8) is 0 Å². The molecule has 0 saturated heterocycles. The van der Waals surface area contributed by atoms with Crippen LogP contribution in [-0.4, -0.2) is 33.9 Å². The molecule has 144 valence electrons. The molecule has 0 fully saturated rings. The third-order valence-corrected chi connectivity index (χ3v) is 5.24. The van der Waals surface area contributed by atoms with Gasteiger partial charge in [-0.25, -0.2) is 9.97 Å². The number of aromatic nitrogens is 2. The van der Waals surface area contributed by atoms with Crippen molar-refractivity contribution in [1.29, 1.82) is 0 Å². The predicted octanol–water partition coefficient (Wildman–Crippen LogP) is 4.72. The van der Waals surface area contributed by atoms with Crippen molar-refractivity contribution in [3.05, 3.63) is 78.1 Å². The number of carbonyl (C=O) groups excluding carboxylic acids is 1. The van der Waals surface area contributed by atoms with Gasteiger partial charge in [0.1, 0.15) is 10.1 Å². The summed E-state index contributed by atoms with van der Waals surface area (Å²) >= 11 is 1.46. The van der Waals surface area contributed by atoms with E-state index in [0.29, 0.717) is 11.3 Å². The van der Waals surface area contributed by atoms with E-state index in [4.69, 9.17) is 0 Å². The van der Waals surface area contributed by atoms with Crippen molar-refractivity contribution < 1.29 is 4.79 Å². The Labute approximate surface area is 170 Å². The Hall–Kier alpha value is -2.70. The summed E-state index contributed by atoms with van der Waals surface area (Å²) in [6, 6.07) is 17.2. The van der Waals surface area contributed by atoms with Crippen molar-refractivity contribution >= 4 is 23.4 Å². The molecule has 3 aromatic rings. The van der Waals surface area contributed by atoms with Crippen molar-refractivity contribution in [1.82, 2.24) is 14.9 Å². The topological polar surface area (TPSA) is 58.1 Å². The first-order valence-corrected chi connectivity index (χ1v) is 10.2. The van der Waals surface area contributed by atoms with Crippen LogP contribution in [0.5, 0.6) is 0 Å². The highest BCUT2D eigenvalue weighted by atomic mass is 32.2. The number of anilines is 1. The van der Waals surface area contributed by atoms with E-state index in [1.165, 1.54) is 17.3 Å². The summed E-state index contributed by atoms with van der Waals surface area (Å²) in [7, 11) is 0. The van der Waals surface area contributed by atoms with Gasteiger partial charge in [-0.05, 0) is 55.1 Å². The maximum absolute atomic E-state index is 12.6. The van der Waals surface area contributed by atoms with E-state index in [1.807, 2.05) is 48.5 Å². The largest absolute Gasteiger partial charge is 0.322 e. The van der Waals surface area contributed by atoms with E-state index in [9.17, 15) is 4.79 Å². The molecule has 2 aromatic heterocycles. The van der Waals surface area contributed by atoms with Crippen LogP contribution >= 0.6 is 11.8 Å². The fourth-order valence-corrected chi connectivity index (χ4v) is 3.50. The van der Waals surface area contributed by atoms with Crippen LogP contribution in [-0.2, 0) is 6.54 Å². The summed E-state index contributed by atoms with van der Waals surface area (Å²) in [4.78, 5) is 23.5. The fourth-order valence-electron chi connectivity index (χ4n) is 2.73. The minimum Gasteiger partial charge on any atom is -0.322 e. The normalized spacial score (nSPS) is 10.8. The molecule has 0 spiro atoms. The number of carbonyl (C=O) groups is 1. The van der Waals surface area contributed by atoms with Gasteiger partial charge in [-0.1, -0.05) is 43.8 Å². The molecule has 6 heteroatoms. The van der Waals surface area contributed by atoms with Gasteiger partial charge in [0.05, 0.1) is 0 Å². The van der Waals surface area contributed by atoms with Gasteiger partial charge in [-0.3, -0.25) is 9.69 Å². The average Bonchev–Trinajstić information content (AvgIpc) is 2.73. The Balaban J connectivity index is 1.63. The number of pyridine rings is 2. The number of benzene rings is 1. The first-order valence-electron chi connectivity index (χ1n) is 9.35. The van der Waals surface area contributed by atoms with Crippen LogP contribution in [0.4, 0.5) is 5.69 Å². The molecule has 1 N–H and O–H groups in total. The molecule has 0 aliphatic heterocycles. The Morgan fingerprint density at radius 1 is 0.964 bits per heavy atom. The molecule has 0 aliphatic rings. The Kier molecular flexibility index (Phi) is 7.17. The van der Waals surface area contributed by atoms with Gasteiger partial charge in [0.25, 0.3) is 5.91 Å². The van der Waals surface area contributed by atoms with Gasteiger partial charge >= 0.3 is 0 Å². The van der Waals surface area contributed by atoms with Crippen LogP contribution < -0.4 is 5.32 Å². The second-order valence-corrected chi connectivity index (χ2v) is 7.31. The molecule has 0 atom stereocenters. The van der Waals surface area contributed by atoms with E-state index >= 15 is 0 Å². The minimum absolute atomic E-state index is 0.130. The maximum Gasteiger partial charge on any atom is 0.255 e. The molecule has 0 radical (unpaired) electrons. The molecule has 3 rings (SSSR count). The lowest BCUT2D eigenvalue weighted by Crippen LogP contribution is -2.22. The zero-order valence-electron chi connectivity index (χ0n) is 16.1. The lowest BCUT2D eigenvalue weighted by Gasteiger charge is -2.18. The second kappa shape index (κ2) is 10.0. The van der Waals surface area contributed by atoms with E-state index in [-0.39, 0.29) is 5.91 Å². The molecular formula is C22H24N4OS. The average molecular weight is 393 g/mol. The first kappa shape index (κ1) is 20.0. The molecule has 1 aromatic carbocycles.